The van der Waals surface area contributed by atoms with Gasteiger partial charge in [-0.05, 0) is 31.2 Å². The summed E-state index contributed by atoms with van der Waals surface area (Å²) in [5.74, 6) is 2.62. The molecule has 0 radical (unpaired) electrons. The number of imidazole rings is 1. The van der Waals surface area contributed by atoms with E-state index in [2.05, 4.69) is 20.2 Å². The van der Waals surface area contributed by atoms with E-state index < -0.39 is 0 Å². The lowest BCUT2D eigenvalue weighted by Crippen LogP contribution is -2.20. The summed E-state index contributed by atoms with van der Waals surface area (Å²) in [5, 5.41) is 10.0. The summed E-state index contributed by atoms with van der Waals surface area (Å²) in [4.78, 5) is 20.6. The Morgan fingerprint density at radius 2 is 2.03 bits per heavy atom. The molecule has 5 rings (SSSR count). The molecule has 0 fully saturated rings. The van der Waals surface area contributed by atoms with E-state index in [0.717, 1.165) is 38.8 Å². The molecule has 29 heavy (non-hydrogen) atoms. The molecule has 0 saturated heterocycles. The molecule has 2 aromatic carbocycles. The second-order valence-corrected chi connectivity index (χ2v) is 7.81. The molecule has 9 heteroatoms. The zero-order chi connectivity index (χ0) is 20.1. The second kappa shape index (κ2) is 6.63. The average molecular weight is 406 g/mol. The lowest BCUT2D eigenvalue weighted by Gasteiger charge is -2.08. The maximum Gasteiger partial charge on any atom is 0.262 e. The van der Waals surface area contributed by atoms with Gasteiger partial charge in [0.15, 0.2) is 5.16 Å². The maximum atomic E-state index is 12.7. The molecule has 0 amide bonds. The molecule has 0 aliphatic heterocycles. The van der Waals surface area contributed by atoms with Crippen molar-refractivity contribution in [2.24, 2.45) is 7.05 Å². The number of thioether (sulfide) groups is 1. The highest BCUT2D eigenvalue weighted by atomic mass is 32.2. The fourth-order valence-corrected chi connectivity index (χ4v) is 4.24. The Balaban J connectivity index is 1.56. The van der Waals surface area contributed by atoms with Crippen molar-refractivity contribution in [2.75, 3.05) is 7.11 Å². The predicted octanol–water partition coefficient (Wildman–Crippen LogP) is 3.07. The number of hydrogen-bond donors (Lipinski definition) is 1. The van der Waals surface area contributed by atoms with Gasteiger partial charge in [0.2, 0.25) is 5.78 Å². The molecule has 0 spiro atoms. The van der Waals surface area contributed by atoms with Crippen LogP contribution in [0.1, 0.15) is 11.4 Å². The molecule has 146 valence electrons. The number of H-pyrrole nitrogens is 1. The number of aromatic amines is 1. The highest BCUT2D eigenvalue weighted by Crippen LogP contribution is 2.26. The van der Waals surface area contributed by atoms with E-state index in [4.69, 9.17) is 4.74 Å². The third-order valence-electron chi connectivity index (χ3n) is 4.95. The first-order chi connectivity index (χ1) is 14.0. The molecule has 8 nitrogen and oxygen atoms in total. The van der Waals surface area contributed by atoms with Crippen molar-refractivity contribution < 1.29 is 4.74 Å². The minimum absolute atomic E-state index is 0.0750. The Morgan fingerprint density at radius 1 is 1.17 bits per heavy atom. The third kappa shape index (κ3) is 2.85. The van der Waals surface area contributed by atoms with Gasteiger partial charge < -0.3 is 9.72 Å². The first kappa shape index (κ1) is 17.7. The smallest absolute Gasteiger partial charge is 0.262 e. The SMILES string of the molecule is COc1ccc2nc(SCc3nnc4n(C)c(=O)c5cc(C)ccc5n34)[nH]c2c1. The van der Waals surface area contributed by atoms with E-state index in [9.17, 15) is 4.79 Å². The van der Waals surface area contributed by atoms with E-state index >= 15 is 0 Å². The summed E-state index contributed by atoms with van der Waals surface area (Å²) < 4.78 is 8.74. The molecule has 0 bridgehead atoms. The van der Waals surface area contributed by atoms with Crippen molar-refractivity contribution in [3.05, 3.63) is 58.1 Å². The van der Waals surface area contributed by atoms with Crippen LogP contribution in [0.15, 0.2) is 46.3 Å². The largest absolute Gasteiger partial charge is 0.497 e. The molecule has 3 heterocycles. The van der Waals surface area contributed by atoms with Gasteiger partial charge in [0.1, 0.15) is 11.6 Å². The van der Waals surface area contributed by atoms with E-state index in [1.807, 2.05) is 47.7 Å². The third-order valence-corrected chi connectivity index (χ3v) is 5.82. The van der Waals surface area contributed by atoms with E-state index in [1.54, 1.807) is 14.2 Å². The maximum absolute atomic E-state index is 12.7. The molecule has 3 aromatic heterocycles. The number of fused-ring (bicyclic) bond motifs is 4. The number of ether oxygens (including phenoxy) is 1. The molecule has 0 saturated carbocycles. The predicted molar refractivity (Wildman–Crippen MR) is 113 cm³/mol. The summed E-state index contributed by atoms with van der Waals surface area (Å²) in [5.41, 5.74) is 3.57. The summed E-state index contributed by atoms with van der Waals surface area (Å²) in [6, 6.07) is 11.6. The zero-order valence-corrected chi connectivity index (χ0v) is 16.9. The van der Waals surface area contributed by atoms with Crippen molar-refractivity contribution in [1.29, 1.82) is 0 Å². The van der Waals surface area contributed by atoms with Crippen molar-refractivity contribution >= 4 is 39.5 Å². The van der Waals surface area contributed by atoms with Gasteiger partial charge in [0, 0.05) is 13.1 Å². The van der Waals surface area contributed by atoms with Gasteiger partial charge in [0.05, 0.1) is 34.8 Å². The van der Waals surface area contributed by atoms with Crippen molar-refractivity contribution in [1.82, 2.24) is 29.1 Å². The van der Waals surface area contributed by atoms with E-state index in [0.29, 0.717) is 16.9 Å². The second-order valence-electron chi connectivity index (χ2n) is 6.85. The number of hydrogen-bond acceptors (Lipinski definition) is 6. The van der Waals surface area contributed by atoms with Crippen LogP contribution in [0.4, 0.5) is 0 Å². The van der Waals surface area contributed by atoms with Gasteiger partial charge in [-0.2, -0.15) is 0 Å². The number of rotatable bonds is 4. The topological polar surface area (TPSA) is 90.1 Å². The van der Waals surface area contributed by atoms with Gasteiger partial charge in [-0.1, -0.05) is 23.4 Å². The fraction of sp³-hybridized carbons (Fsp3) is 0.200. The number of nitrogens with one attached hydrogen (secondary N) is 1. The first-order valence-corrected chi connectivity index (χ1v) is 10.0. The van der Waals surface area contributed by atoms with Gasteiger partial charge >= 0.3 is 0 Å². The van der Waals surface area contributed by atoms with Crippen LogP contribution in [0.25, 0.3) is 27.7 Å². The Hall–Kier alpha value is -3.33. The Labute approximate surface area is 169 Å². The lowest BCUT2D eigenvalue weighted by atomic mass is 10.1. The highest BCUT2D eigenvalue weighted by molar-refractivity contribution is 7.98. The molecule has 1 N–H and O–H groups in total. The monoisotopic (exact) mass is 406 g/mol. The number of aryl methyl sites for hydroxylation is 2. The highest BCUT2D eigenvalue weighted by Gasteiger charge is 2.15. The molecule has 0 aliphatic rings. The Bertz CT molecular complexity index is 1450. The van der Waals surface area contributed by atoms with Crippen LogP contribution in [0.2, 0.25) is 0 Å². The van der Waals surface area contributed by atoms with Crippen molar-refractivity contribution in [3.63, 3.8) is 0 Å². The standard InChI is InChI=1S/C20H18N6O2S/c1-11-4-7-16-13(8-11)18(27)25(2)20-24-23-17(26(16)20)10-29-19-21-14-6-5-12(28-3)9-15(14)22-19/h4-9H,10H2,1-3H3,(H,21,22). The van der Waals surface area contributed by atoms with Gasteiger partial charge in [-0.15, -0.1) is 10.2 Å². The van der Waals surface area contributed by atoms with Crippen molar-refractivity contribution in [3.8, 4) is 5.75 Å². The number of benzene rings is 2. The zero-order valence-electron chi connectivity index (χ0n) is 16.1. The summed E-state index contributed by atoms with van der Waals surface area (Å²) in [7, 11) is 3.36. The summed E-state index contributed by atoms with van der Waals surface area (Å²) in [6.45, 7) is 1.97. The summed E-state index contributed by atoms with van der Waals surface area (Å²) >= 11 is 1.54. The molecule has 0 atom stereocenters. The van der Waals surface area contributed by atoms with Crippen LogP contribution >= 0.6 is 11.8 Å². The van der Waals surface area contributed by atoms with Crippen molar-refractivity contribution in [2.45, 2.75) is 17.8 Å². The molecule has 5 aromatic rings. The van der Waals surface area contributed by atoms with Crippen LogP contribution in [-0.4, -0.2) is 36.2 Å². The minimum Gasteiger partial charge on any atom is -0.497 e. The van der Waals surface area contributed by atoms with E-state index in [1.165, 1.54) is 16.3 Å². The van der Waals surface area contributed by atoms with Crippen LogP contribution in [0.3, 0.4) is 0 Å². The minimum atomic E-state index is -0.0750. The molecular formula is C20H18N6O2S. The Morgan fingerprint density at radius 3 is 2.86 bits per heavy atom. The Kier molecular flexibility index (Phi) is 4.06. The van der Waals surface area contributed by atoms with Crippen LogP contribution in [-0.2, 0) is 12.8 Å². The number of aromatic nitrogens is 6. The quantitative estimate of drug-likeness (QED) is 0.461. The average Bonchev–Trinajstić information content (AvgIpc) is 3.33. The van der Waals surface area contributed by atoms with Gasteiger partial charge in [-0.3, -0.25) is 13.8 Å². The van der Waals surface area contributed by atoms with Crippen LogP contribution < -0.4 is 10.3 Å². The first-order valence-electron chi connectivity index (χ1n) is 9.05. The van der Waals surface area contributed by atoms with E-state index in [-0.39, 0.29) is 5.56 Å². The summed E-state index contributed by atoms with van der Waals surface area (Å²) in [6.07, 6.45) is 0. The molecule has 0 unspecified atom stereocenters. The fourth-order valence-electron chi connectivity index (χ4n) is 3.45. The molecular weight excluding hydrogens is 388 g/mol. The van der Waals surface area contributed by atoms with Crippen LogP contribution in [0.5, 0.6) is 5.75 Å². The molecule has 0 aliphatic carbocycles. The lowest BCUT2D eigenvalue weighted by molar-refractivity contribution is 0.415. The normalized spacial score (nSPS) is 11.7. The van der Waals surface area contributed by atoms with Gasteiger partial charge in [0.25, 0.3) is 5.56 Å². The number of methoxy groups -OCH3 is 1. The number of nitrogens with zero attached hydrogens (tertiary/aromatic N) is 5. The van der Waals surface area contributed by atoms with Crippen LogP contribution in [0, 0.1) is 6.92 Å². The van der Waals surface area contributed by atoms with Gasteiger partial charge in [-0.25, -0.2) is 4.98 Å².